The van der Waals surface area contributed by atoms with E-state index in [9.17, 15) is 4.79 Å². The summed E-state index contributed by atoms with van der Waals surface area (Å²) < 4.78 is 4.92. The smallest absolute Gasteiger partial charge is 0.309 e. The van der Waals surface area contributed by atoms with Crippen LogP contribution in [0.3, 0.4) is 0 Å². The SMILES string of the molecule is COC(=O)[C@H]1CCCN(CC2CCCc3ccccc32)C1. The second-order valence-electron chi connectivity index (χ2n) is 6.41. The van der Waals surface area contributed by atoms with Gasteiger partial charge < -0.3 is 9.64 Å². The van der Waals surface area contributed by atoms with Crippen molar-refractivity contribution in [1.29, 1.82) is 0 Å². The average molecular weight is 287 g/mol. The van der Waals surface area contributed by atoms with Crippen molar-refractivity contribution in [2.75, 3.05) is 26.7 Å². The first-order chi connectivity index (χ1) is 10.3. The van der Waals surface area contributed by atoms with Gasteiger partial charge in [-0.15, -0.1) is 0 Å². The number of aryl methyl sites for hydroxylation is 1. The van der Waals surface area contributed by atoms with Crippen molar-refractivity contribution in [3.8, 4) is 0 Å². The summed E-state index contributed by atoms with van der Waals surface area (Å²) in [7, 11) is 1.50. The third-order valence-electron chi connectivity index (χ3n) is 5.01. The van der Waals surface area contributed by atoms with Crippen LogP contribution in [-0.4, -0.2) is 37.6 Å². The molecule has 0 N–H and O–H groups in total. The van der Waals surface area contributed by atoms with Gasteiger partial charge >= 0.3 is 5.97 Å². The summed E-state index contributed by atoms with van der Waals surface area (Å²) in [4.78, 5) is 14.2. The number of fused-ring (bicyclic) bond motifs is 1. The van der Waals surface area contributed by atoms with Crippen LogP contribution in [0.1, 0.15) is 42.7 Å². The second-order valence-corrected chi connectivity index (χ2v) is 6.41. The predicted molar refractivity (Wildman–Crippen MR) is 83.3 cm³/mol. The Morgan fingerprint density at radius 3 is 3.00 bits per heavy atom. The van der Waals surface area contributed by atoms with Crippen molar-refractivity contribution >= 4 is 5.97 Å². The second kappa shape index (κ2) is 6.61. The zero-order valence-corrected chi connectivity index (χ0v) is 12.9. The lowest BCUT2D eigenvalue weighted by Crippen LogP contribution is -2.41. The largest absolute Gasteiger partial charge is 0.469 e. The van der Waals surface area contributed by atoms with E-state index in [0.717, 1.165) is 32.5 Å². The highest BCUT2D eigenvalue weighted by Crippen LogP contribution is 2.33. The molecule has 3 rings (SSSR count). The molecule has 3 heteroatoms. The van der Waals surface area contributed by atoms with Crippen molar-refractivity contribution in [1.82, 2.24) is 4.90 Å². The van der Waals surface area contributed by atoms with Crippen LogP contribution in [-0.2, 0) is 16.0 Å². The van der Waals surface area contributed by atoms with Gasteiger partial charge in [0.25, 0.3) is 0 Å². The van der Waals surface area contributed by atoms with Crippen LogP contribution >= 0.6 is 0 Å². The van der Waals surface area contributed by atoms with E-state index < -0.39 is 0 Å². The standard InChI is InChI=1S/C18H25NO2/c1-21-18(20)16-9-5-11-19(13-16)12-15-8-4-7-14-6-2-3-10-17(14)15/h2-3,6,10,15-16H,4-5,7-9,11-13H2,1H3/t15?,16-/m0/s1. The Kier molecular flexibility index (Phi) is 4.59. The Bertz CT molecular complexity index is 500. The van der Waals surface area contributed by atoms with Gasteiger partial charge in [-0.25, -0.2) is 0 Å². The Morgan fingerprint density at radius 2 is 2.14 bits per heavy atom. The summed E-state index contributed by atoms with van der Waals surface area (Å²) in [6, 6.07) is 8.87. The Balaban J connectivity index is 1.66. The van der Waals surface area contributed by atoms with Gasteiger partial charge in [0.05, 0.1) is 13.0 Å². The highest BCUT2D eigenvalue weighted by Gasteiger charge is 2.29. The average Bonchev–Trinajstić information content (AvgIpc) is 2.55. The molecular formula is C18H25NO2. The molecule has 3 nitrogen and oxygen atoms in total. The fourth-order valence-corrected chi connectivity index (χ4v) is 3.94. The van der Waals surface area contributed by atoms with Crippen LogP contribution in [0.15, 0.2) is 24.3 Å². The minimum absolute atomic E-state index is 0.0382. The van der Waals surface area contributed by atoms with E-state index in [2.05, 4.69) is 29.2 Å². The fraction of sp³-hybridized carbons (Fsp3) is 0.611. The highest BCUT2D eigenvalue weighted by molar-refractivity contribution is 5.72. The molecule has 0 bridgehead atoms. The molecular weight excluding hydrogens is 262 g/mol. The number of benzene rings is 1. The van der Waals surface area contributed by atoms with Crippen LogP contribution in [0.2, 0.25) is 0 Å². The third-order valence-corrected chi connectivity index (χ3v) is 5.01. The Labute approximate surface area is 127 Å². The van der Waals surface area contributed by atoms with E-state index in [4.69, 9.17) is 4.74 Å². The number of carbonyl (C=O) groups is 1. The molecule has 1 saturated heterocycles. The maximum Gasteiger partial charge on any atom is 0.309 e. The number of nitrogens with zero attached hydrogens (tertiary/aromatic N) is 1. The summed E-state index contributed by atoms with van der Waals surface area (Å²) in [5.41, 5.74) is 3.05. The van der Waals surface area contributed by atoms with Gasteiger partial charge in [0.1, 0.15) is 0 Å². The number of rotatable bonds is 3. The summed E-state index contributed by atoms with van der Waals surface area (Å²) in [6.07, 6.45) is 5.86. The van der Waals surface area contributed by atoms with Crippen molar-refractivity contribution in [3.05, 3.63) is 35.4 Å². The monoisotopic (exact) mass is 287 g/mol. The van der Waals surface area contributed by atoms with Crippen LogP contribution < -0.4 is 0 Å². The molecule has 1 aromatic rings. The number of hydrogen-bond acceptors (Lipinski definition) is 3. The molecule has 0 spiro atoms. The number of esters is 1. The lowest BCUT2D eigenvalue weighted by atomic mass is 9.82. The molecule has 1 aliphatic heterocycles. The number of carbonyl (C=O) groups excluding carboxylic acids is 1. The predicted octanol–water partition coefficient (Wildman–Crippen LogP) is 2.99. The molecule has 2 atom stereocenters. The molecule has 1 fully saturated rings. The van der Waals surface area contributed by atoms with Crippen LogP contribution in [0.5, 0.6) is 0 Å². The fourth-order valence-electron chi connectivity index (χ4n) is 3.94. The zero-order valence-electron chi connectivity index (χ0n) is 12.9. The van der Waals surface area contributed by atoms with Gasteiger partial charge in [-0.1, -0.05) is 24.3 Å². The Morgan fingerprint density at radius 1 is 1.29 bits per heavy atom. The van der Waals surface area contributed by atoms with Gasteiger partial charge in [-0.3, -0.25) is 4.79 Å². The lowest BCUT2D eigenvalue weighted by molar-refractivity contribution is -0.147. The number of ether oxygens (including phenoxy) is 1. The van der Waals surface area contributed by atoms with Crippen molar-refractivity contribution < 1.29 is 9.53 Å². The molecule has 0 saturated carbocycles. The number of likely N-dealkylation sites (tertiary alicyclic amines) is 1. The molecule has 1 aromatic carbocycles. The van der Waals surface area contributed by atoms with Gasteiger partial charge in [-0.2, -0.15) is 0 Å². The lowest BCUT2D eigenvalue weighted by Gasteiger charge is -2.35. The number of hydrogen-bond donors (Lipinski definition) is 0. The van der Waals surface area contributed by atoms with Gasteiger partial charge in [0.15, 0.2) is 0 Å². The third kappa shape index (κ3) is 3.29. The van der Waals surface area contributed by atoms with Crippen molar-refractivity contribution in [2.24, 2.45) is 5.92 Å². The van der Waals surface area contributed by atoms with Crippen LogP contribution in [0, 0.1) is 5.92 Å². The van der Waals surface area contributed by atoms with Gasteiger partial charge in [-0.05, 0) is 55.7 Å². The van der Waals surface area contributed by atoms with E-state index in [1.807, 2.05) is 0 Å². The highest BCUT2D eigenvalue weighted by atomic mass is 16.5. The summed E-state index contributed by atoms with van der Waals surface area (Å²) in [5.74, 6) is 0.665. The molecule has 2 aliphatic rings. The molecule has 1 unspecified atom stereocenters. The van der Waals surface area contributed by atoms with E-state index >= 15 is 0 Å². The maximum atomic E-state index is 11.8. The summed E-state index contributed by atoms with van der Waals surface area (Å²) >= 11 is 0. The van der Waals surface area contributed by atoms with E-state index in [1.165, 1.54) is 37.5 Å². The first-order valence-corrected chi connectivity index (χ1v) is 8.16. The van der Waals surface area contributed by atoms with E-state index in [-0.39, 0.29) is 11.9 Å². The summed E-state index contributed by atoms with van der Waals surface area (Å²) in [5, 5.41) is 0. The quantitative estimate of drug-likeness (QED) is 0.800. The molecule has 0 amide bonds. The first-order valence-electron chi connectivity index (χ1n) is 8.16. The van der Waals surface area contributed by atoms with E-state index in [0.29, 0.717) is 5.92 Å². The zero-order chi connectivity index (χ0) is 14.7. The van der Waals surface area contributed by atoms with Crippen LogP contribution in [0.25, 0.3) is 0 Å². The maximum absolute atomic E-state index is 11.8. The van der Waals surface area contributed by atoms with Crippen molar-refractivity contribution in [3.63, 3.8) is 0 Å². The molecule has 1 aliphatic carbocycles. The molecule has 0 radical (unpaired) electrons. The topological polar surface area (TPSA) is 29.5 Å². The minimum atomic E-state index is -0.0382. The molecule has 0 aromatic heterocycles. The van der Waals surface area contributed by atoms with Crippen molar-refractivity contribution in [2.45, 2.75) is 38.0 Å². The summed E-state index contributed by atoms with van der Waals surface area (Å²) in [6.45, 7) is 3.07. The normalized spacial score (nSPS) is 26.1. The first kappa shape index (κ1) is 14.6. The van der Waals surface area contributed by atoms with Gasteiger partial charge in [0.2, 0.25) is 0 Å². The minimum Gasteiger partial charge on any atom is -0.469 e. The van der Waals surface area contributed by atoms with Crippen LogP contribution in [0.4, 0.5) is 0 Å². The number of piperidine rings is 1. The van der Waals surface area contributed by atoms with Gasteiger partial charge in [0, 0.05) is 13.1 Å². The Hall–Kier alpha value is -1.35. The molecule has 114 valence electrons. The molecule has 1 heterocycles. The molecule has 21 heavy (non-hydrogen) atoms. The van der Waals surface area contributed by atoms with E-state index in [1.54, 1.807) is 0 Å². The number of methoxy groups -OCH3 is 1.